The molecule has 0 atom stereocenters. The second kappa shape index (κ2) is 9.93. The van der Waals surface area contributed by atoms with E-state index >= 15 is 0 Å². The minimum Gasteiger partial charge on any atom is -0.481 e. The van der Waals surface area contributed by atoms with Crippen LogP contribution in [-0.4, -0.2) is 23.5 Å². The third-order valence-corrected chi connectivity index (χ3v) is 4.98. The van der Waals surface area contributed by atoms with Crippen molar-refractivity contribution in [1.29, 1.82) is 0 Å². The predicted octanol–water partition coefficient (Wildman–Crippen LogP) is 4.69. The number of carboxylic acid groups (broad SMARTS) is 1. The Morgan fingerprint density at radius 2 is 1.54 bits per heavy atom. The summed E-state index contributed by atoms with van der Waals surface area (Å²) in [5.41, 5.74) is 2.53. The van der Waals surface area contributed by atoms with E-state index in [1.807, 2.05) is 36.4 Å². The summed E-state index contributed by atoms with van der Waals surface area (Å²) in [6.07, 6.45) is 1.62. The van der Waals surface area contributed by atoms with E-state index in [4.69, 9.17) is 9.84 Å². The summed E-state index contributed by atoms with van der Waals surface area (Å²) in [6, 6.07) is 16.0. The zero-order valence-corrected chi connectivity index (χ0v) is 16.8. The third kappa shape index (κ3) is 6.72. The summed E-state index contributed by atoms with van der Waals surface area (Å²) < 4.78 is 5.91. The molecule has 5 nitrogen and oxygen atoms in total. The Morgan fingerprint density at radius 3 is 2.07 bits per heavy atom. The van der Waals surface area contributed by atoms with Crippen LogP contribution >= 0.6 is 0 Å². The normalized spacial score (nSPS) is 11.1. The van der Waals surface area contributed by atoms with Crippen LogP contribution in [0.5, 0.6) is 11.5 Å². The molecule has 0 fully saturated rings. The molecule has 2 aromatic rings. The maximum Gasteiger partial charge on any atom is 0.303 e. The van der Waals surface area contributed by atoms with Crippen LogP contribution in [-0.2, 0) is 21.4 Å². The van der Waals surface area contributed by atoms with Crippen LogP contribution in [0.2, 0.25) is 0 Å². The Hall–Kier alpha value is -2.82. The van der Waals surface area contributed by atoms with E-state index in [1.54, 1.807) is 0 Å². The molecule has 28 heavy (non-hydrogen) atoms. The molecule has 2 N–H and O–H groups in total. The minimum atomic E-state index is -0.963. The highest BCUT2D eigenvalue weighted by atomic mass is 16.5. The fourth-order valence-corrected chi connectivity index (χ4v) is 2.69. The van der Waals surface area contributed by atoms with Gasteiger partial charge in [0, 0.05) is 13.0 Å². The Labute approximate surface area is 166 Å². The minimum absolute atomic E-state index is 0.0103. The van der Waals surface area contributed by atoms with Gasteiger partial charge in [-0.15, -0.1) is 0 Å². The van der Waals surface area contributed by atoms with Crippen LogP contribution in [0.4, 0.5) is 0 Å². The number of rotatable bonds is 10. The lowest BCUT2D eigenvalue weighted by Gasteiger charge is -2.23. The Kier molecular flexibility index (Phi) is 7.61. The number of amides is 1. The molecule has 2 rings (SSSR count). The van der Waals surface area contributed by atoms with E-state index in [0.29, 0.717) is 13.0 Å². The number of ether oxygens (including phenoxy) is 1. The second-order valence-electron chi connectivity index (χ2n) is 7.50. The van der Waals surface area contributed by atoms with E-state index in [2.05, 4.69) is 38.2 Å². The molecule has 150 valence electrons. The van der Waals surface area contributed by atoms with Crippen molar-refractivity contribution in [2.45, 2.75) is 51.9 Å². The van der Waals surface area contributed by atoms with Gasteiger partial charge in [0.15, 0.2) is 0 Å². The largest absolute Gasteiger partial charge is 0.481 e. The number of carboxylic acids is 1. The number of hydrogen-bond acceptors (Lipinski definition) is 3. The number of benzene rings is 2. The third-order valence-electron chi connectivity index (χ3n) is 4.98. The van der Waals surface area contributed by atoms with Crippen molar-refractivity contribution in [3.05, 3.63) is 59.7 Å². The summed E-state index contributed by atoms with van der Waals surface area (Å²) in [5, 5.41) is 11.3. The van der Waals surface area contributed by atoms with Crippen molar-refractivity contribution in [2.24, 2.45) is 0 Å². The molecule has 0 bridgehead atoms. The van der Waals surface area contributed by atoms with Gasteiger partial charge >= 0.3 is 5.97 Å². The predicted molar refractivity (Wildman–Crippen MR) is 110 cm³/mol. The molecule has 0 spiro atoms. The molecule has 2 aromatic carbocycles. The van der Waals surface area contributed by atoms with Crippen LogP contribution in [0.25, 0.3) is 0 Å². The van der Waals surface area contributed by atoms with Crippen LogP contribution in [0.15, 0.2) is 48.5 Å². The molecular formula is C23H29NO4. The first kappa shape index (κ1) is 21.5. The molecule has 0 aliphatic rings. The van der Waals surface area contributed by atoms with Crippen molar-refractivity contribution in [3.63, 3.8) is 0 Å². The SMILES string of the molecule is CCC(C)(C)c1ccc(Oc2ccc(CCNC(=O)CCC(=O)O)cc2)cc1. The van der Waals surface area contributed by atoms with Gasteiger partial charge in [-0.05, 0) is 53.6 Å². The van der Waals surface area contributed by atoms with E-state index in [-0.39, 0.29) is 24.2 Å². The van der Waals surface area contributed by atoms with Crippen LogP contribution < -0.4 is 10.1 Å². The first-order chi connectivity index (χ1) is 13.3. The zero-order valence-electron chi connectivity index (χ0n) is 16.8. The van der Waals surface area contributed by atoms with Gasteiger partial charge in [0.1, 0.15) is 11.5 Å². The van der Waals surface area contributed by atoms with Crippen LogP contribution in [0.1, 0.15) is 51.2 Å². The molecule has 0 radical (unpaired) electrons. The summed E-state index contributed by atoms with van der Waals surface area (Å²) in [4.78, 5) is 22.0. The second-order valence-corrected chi connectivity index (χ2v) is 7.50. The number of aliphatic carboxylic acids is 1. The van der Waals surface area contributed by atoms with Gasteiger partial charge in [-0.25, -0.2) is 0 Å². The smallest absolute Gasteiger partial charge is 0.303 e. The molecule has 0 aromatic heterocycles. The van der Waals surface area contributed by atoms with Crippen molar-refractivity contribution < 1.29 is 19.4 Å². The van der Waals surface area contributed by atoms with E-state index in [0.717, 1.165) is 23.5 Å². The summed E-state index contributed by atoms with van der Waals surface area (Å²) >= 11 is 0. The highest BCUT2D eigenvalue weighted by Crippen LogP contribution is 2.29. The first-order valence-corrected chi connectivity index (χ1v) is 9.66. The average molecular weight is 383 g/mol. The Morgan fingerprint density at radius 1 is 0.964 bits per heavy atom. The molecule has 0 unspecified atom stereocenters. The monoisotopic (exact) mass is 383 g/mol. The lowest BCUT2D eigenvalue weighted by atomic mass is 9.82. The fraction of sp³-hybridized carbons (Fsp3) is 0.391. The quantitative estimate of drug-likeness (QED) is 0.624. The molecule has 0 saturated carbocycles. The molecule has 0 heterocycles. The van der Waals surface area contributed by atoms with Gasteiger partial charge in [-0.1, -0.05) is 45.0 Å². The molecule has 0 saturated heterocycles. The maximum atomic E-state index is 11.5. The maximum absolute atomic E-state index is 11.5. The van der Waals surface area contributed by atoms with E-state index in [1.165, 1.54) is 5.56 Å². The Balaban J connectivity index is 1.82. The van der Waals surface area contributed by atoms with Gasteiger partial charge in [0.25, 0.3) is 0 Å². The van der Waals surface area contributed by atoms with Crippen LogP contribution in [0.3, 0.4) is 0 Å². The number of carbonyl (C=O) groups excluding carboxylic acids is 1. The topological polar surface area (TPSA) is 75.6 Å². The summed E-state index contributed by atoms with van der Waals surface area (Å²) in [6.45, 7) is 7.13. The summed E-state index contributed by atoms with van der Waals surface area (Å²) in [7, 11) is 0. The number of nitrogens with one attached hydrogen (secondary N) is 1. The highest BCUT2D eigenvalue weighted by molar-refractivity contribution is 5.80. The standard InChI is InChI=1S/C23H29NO4/c1-4-23(2,3)18-7-11-20(12-8-18)28-19-9-5-17(6-10-19)15-16-24-21(25)13-14-22(26)27/h5-12H,4,13-16H2,1-3H3,(H,24,25)(H,26,27). The van der Waals surface area contributed by atoms with Gasteiger partial charge in [-0.2, -0.15) is 0 Å². The van der Waals surface area contributed by atoms with E-state index < -0.39 is 5.97 Å². The van der Waals surface area contributed by atoms with Crippen molar-refractivity contribution in [2.75, 3.05) is 6.54 Å². The molecule has 5 heteroatoms. The first-order valence-electron chi connectivity index (χ1n) is 9.66. The van der Waals surface area contributed by atoms with E-state index in [9.17, 15) is 9.59 Å². The van der Waals surface area contributed by atoms with Crippen molar-refractivity contribution >= 4 is 11.9 Å². The molecule has 1 amide bonds. The van der Waals surface area contributed by atoms with Gasteiger partial charge in [0.2, 0.25) is 5.91 Å². The van der Waals surface area contributed by atoms with Gasteiger partial charge in [-0.3, -0.25) is 9.59 Å². The zero-order chi connectivity index (χ0) is 20.6. The lowest BCUT2D eigenvalue weighted by Crippen LogP contribution is -2.25. The Bertz CT molecular complexity index is 779. The highest BCUT2D eigenvalue weighted by Gasteiger charge is 2.17. The average Bonchev–Trinajstić information content (AvgIpc) is 2.68. The van der Waals surface area contributed by atoms with Crippen LogP contribution in [0, 0.1) is 0 Å². The number of hydrogen-bond donors (Lipinski definition) is 2. The summed E-state index contributed by atoms with van der Waals surface area (Å²) in [5.74, 6) is 0.359. The van der Waals surface area contributed by atoms with Gasteiger partial charge < -0.3 is 15.2 Å². The molecular weight excluding hydrogens is 354 g/mol. The number of carbonyl (C=O) groups is 2. The molecule has 0 aliphatic carbocycles. The molecule has 0 aliphatic heterocycles. The van der Waals surface area contributed by atoms with Crippen molar-refractivity contribution in [3.8, 4) is 11.5 Å². The van der Waals surface area contributed by atoms with Gasteiger partial charge in [0.05, 0.1) is 6.42 Å². The fourth-order valence-electron chi connectivity index (χ4n) is 2.69. The lowest BCUT2D eigenvalue weighted by molar-refractivity contribution is -0.138. The van der Waals surface area contributed by atoms with Crippen molar-refractivity contribution in [1.82, 2.24) is 5.32 Å².